The molecule has 0 aliphatic carbocycles. The minimum Gasteiger partial charge on any atom is -0.469 e. The molecule has 2 heterocycles. The van der Waals surface area contributed by atoms with Gasteiger partial charge in [0.15, 0.2) is 11.5 Å². The van der Waals surface area contributed by atoms with Crippen LogP contribution in [0.3, 0.4) is 0 Å². The molecule has 0 spiro atoms. The van der Waals surface area contributed by atoms with Crippen LogP contribution in [-0.2, 0) is 20.7 Å². The summed E-state index contributed by atoms with van der Waals surface area (Å²) in [6, 6.07) is 16.4. The number of amides is 1. The maximum Gasteiger partial charge on any atom is 0.586 e. The third-order valence-corrected chi connectivity index (χ3v) is 4.95. The fraction of sp³-hybridized carbons (Fsp3) is 0.240. The van der Waals surface area contributed by atoms with Gasteiger partial charge in [-0.05, 0) is 18.1 Å². The van der Waals surface area contributed by atoms with E-state index in [9.17, 15) is 18.4 Å². The van der Waals surface area contributed by atoms with E-state index in [1.165, 1.54) is 24.9 Å². The van der Waals surface area contributed by atoms with Gasteiger partial charge in [0.2, 0.25) is 5.91 Å². The predicted octanol–water partition coefficient (Wildman–Crippen LogP) is 4.17. The highest BCUT2D eigenvalue weighted by molar-refractivity contribution is 5.81. The van der Waals surface area contributed by atoms with Crippen LogP contribution in [0.15, 0.2) is 60.9 Å². The number of carbonyl (C=O) groups is 2. The lowest BCUT2D eigenvalue weighted by Crippen LogP contribution is -2.26. The maximum absolute atomic E-state index is 13.0. The van der Waals surface area contributed by atoms with Gasteiger partial charge in [0, 0.05) is 36.5 Å². The second-order valence-electron chi connectivity index (χ2n) is 7.36. The molecule has 1 aliphatic heterocycles. The third kappa shape index (κ3) is 7.04. The Morgan fingerprint density at radius 3 is 2.54 bits per heavy atom. The van der Waals surface area contributed by atoms with Gasteiger partial charge in [0.25, 0.3) is 0 Å². The quantitative estimate of drug-likeness (QED) is 0.488. The summed E-state index contributed by atoms with van der Waals surface area (Å²) in [5.41, 5.74) is 2.42. The Kier molecular flexibility index (Phi) is 8.40. The van der Waals surface area contributed by atoms with E-state index in [0.717, 1.165) is 6.42 Å². The number of benzene rings is 2. The molecule has 10 heteroatoms. The molecule has 1 amide bonds. The smallest absolute Gasteiger partial charge is 0.469 e. The van der Waals surface area contributed by atoms with Crippen molar-refractivity contribution in [1.82, 2.24) is 10.3 Å². The van der Waals surface area contributed by atoms with Crippen molar-refractivity contribution in [2.24, 2.45) is 0 Å². The SMILES string of the molecule is COC(=O)CCC(=O)NCCc1ccccc1.N#Cc1c[nH]cc1-c1cccc2c1OC(F)(F)O2. The van der Waals surface area contributed by atoms with Crippen LogP contribution in [0.25, 0.3) is 11.1 Å². The Labute approximate surface area is 200 Å². The fourth-order valence-electron chi connectivity index (χ4n) is 3.26. The first-order valence-corrected chi connectivity index (χ1v) is 10.7. The van der Waals surface area contributed by atoms with E-state index in [1.54, 1.807) is 18.3 Å². The highest BCUT2D eigenvalue weighted by atomic mass is 19.3. The molecule has 3 aromatic rings. The number of nitrogens with one attached hydrogen (secondary N) is 2. The zero-order chi connectivity index (χ0) is 25.3. The molecule has 0 fully saturated rings. The van der Waals surface area contributed by atoms with Crippen LogP contribution in [0.5, 0.6) is 11.5 Å². The van der Waals surface area contributed by atoms with E-state index in [1.807, 2.05) is 36.4 Å². The molecule has 8 nitrogen and oxygen atoms in total. The van der Waals surface area contributed by atoms with Crippen LogP contribution >= 0.6 is 0 Å². The van der Waals surface area contributed by atoms with Crippen LogP contribution in [0.2, 0.25) is 0 Å². The van der Waals surface area contributed by atoms with Crippen molar-refractivity contribution in [3.05, 3.63) is 72.1 Å². The van der Waals surface area contributed by atoms with E-state index in [2.05, 4.69) is 24.5 Å². The van der Waals surface area contributed by atoms with Crippen molar-refractivity contribution in [3.8, 4) is 28.7 Å². The van der Waals surface area contributed by atoms with Crippen LogP contribution in [-0.4, -0.2) is 36.8 Å². The number of esters is 1. The Morgan fingerprint density at radius 2 is 1.83 bits per heavy atom. The van der Waals surface area contributed by atoms with Crippen LogP contribution in [0.1, 0.15) is 24.0 Å². The minimum atomic E-state index is -3.67. The Bertz CT molecular complexity index is 1210. The van der Waals surface area contributed by atoms with Gasteiger partial charge in [-0.2, -0.15) is 5.26 Å². The molecule has 2 aromatic carbocycles. The van der Waals surface area contributed by atoms with Crippen molar-refractivity contribution in [3.63, 3.8) is 0 Å². The summed E-state index contributed by atoms with van der Waals surface area (Å²) in [5, 5.41) is 11.7. The lowest BCUT2D eigenvalue weighted by Gasteiger charge is -2.06. The summed E-state index contributed by atoms with van der Waals surface area (Å²) < 4.78 is 39.3. The first-order valence-electron chi connectivity index (χ1n) is 10.7. The molecule has 1 aliphatic rings. The van der Waals surface area contributed by atoms with E-state index in [4.69, 9.17) is 5.26 Å². The van der Waals surface area contributed by atoms with E-state index < -0.39 is 6.29 Å². The second kappa shape index (κ2) is 11.7. The zero-order valence-electron chi connectivity index (χ0n) is 18.8. The van der Waals surface area contributed by atoms with Gasteiger partial charge < -0.3 is 24.5 Å². The van der Waals surface area contributed by atoms with Crippen LogP contribution in [0, 0.1) is 11.3 Å². The number of nitrogens with zero attached hydrogens (tertiary/aromatic N) is 1. The molecule has 2 N–H and O–H groups in total. The molecule has 0 saturated heterocycles. The monoisotopic (exact) mass is 483 g/mol. The number of para-hydroxylation sites is 1. The molecule has 4 rings (SSSR count). The number of aromatic amines is 1. The van der Waals surface area contributed by atoms with E-state index in [0.29, 0.717) is 23.2 Å². The molecule has 0 unspecified atom stereocenters. The van der Waals surface area contributed by atoms with Crippen molar-refractivity contribution in [1.29, 1.82) is 5.26 Å². The number of alkyl halides is 2. The van der Waals surface area contributed by atoms with E-state index >= 15 is 0 Å². The number of halogens is 2. The number of nitriles is 1. The minimum absolute atomic E-state index is 0.0393. The lowest BCUT2D eigenvalue weighted by atomic mass is 10.0. The average molecular weight is 483 g/mol. The van der Waals surface area contributed by atoms with Crippen molar-refractivity contribution < 1.29 is 32.6 Å². The molecular weight excluding hydrogens is 460 g/mol. The third-order valence-electron chi connectivity index (χ3n) is 4.95. The molecule has 0 radical (unpaired) electrons. The number of H-pyrrole nitrogens is 1. The van der Waals surface area contributed by atoms with Gasteiger partial charge in [-0.1, -0.05) is 42.5 Å². The Morgan fingerprint density at radius 1 is 1.06 bits per heavy atom. The number of hydrogen-bond donors (Lipinski definition) is 2. The number of carbonyl (C=O) groups excluding carboxylic acids is 2. The van der Waals surface area contributed by atoms with Crippen molar-refractivity contribution in [2.75, 3.05) is 13.7 Å². The highest BCUT2D eigenvalue weighted by Gasteiger charge is 2.44. The molecule has 0 bridgehead atoms. The van der Waals surface area contributed by atoms with Gasteiger partial charge in [-0.25, -0.2) is 0 Å². The number of fused-ring (bicyclic) bond motifs is 1. The van der Waals surface area contributed by atoms with Gasteiger partial charge in [-0.15, -0.1) is 8.78 Å². The number of rotatable bonds is 7. The van der Waals surface area contributed by atoms with Crippen LogP contribution in [0.4, 0.5) is 8.78 Å². The van der Waals surface area contributed by atoms with Crippen LogP contribution < -0.4 is 14.8 Å². The predicted molar refractivity (Wildman–Crippen MR) is 122 cm³/mol. The van der Waals surface area contributed by atoms with Gasteiger partial charge >= 0.3 is 12.3 Å². The zero-order valence-corrected chi connectivity index (χ0v) is 18.8. The topological polar surface area (TPSA) is 113 Å². The lowest BCUT2D eigenvalue weighted by molar-refractivity contribution is -0.286. The van der Waals surface area contributed by atoms with Gasteiger partial charge in [0.1, 0.15) is 6.07 Å². The normalized spacial score (nSPS) is 12.6. The Hall–Kier alpha value is -4.39. The highest BCUT2D eigenvalue weighted by Crippen LogP contribution is 2.47. The molecule has 35 heavy (non-hydrogen) atoms. The summed E-state index contributed by atoms with van der Waals surface area (Å²) in [6.07, 6.45) is 0.484. The largest absolute Gasteiger partial charge is 0.586 e. The first-order chi connectivity index (χ1) is 16.8. The summed E-state index contributed by atoms with van der Waals surface area (Å²) in [7, 11) is 1.32. The van der Waals surface area contributed by atoms with Crippen molar-refractivity contribution in [2.45, 2.75) is 25.6 Å². The standard InChI is InChI=1S/C13H17NO3.C12H6F2N2O2/c1-17-13(16)8-7-12(15)14-10-9-11-5-3-2-4-6-11;13-12(14)17-10-3-1-2-8(11(10)18-12)9-6-16-5-7(9)4-15/h2-6H,7-10H2,1H3,(H,14,15);1-3,5-6,16H. The Balaban J connectivity index is 0.000000196. The fourth-order valence-corrected chi connectivity index (χ4v) is 3.26. The molecule has 0 saturated carbocycles. The molecular formula is C25H23F2N3O5. The summed E-state index contributed by atoms with van der Waals surface area (Å²) in [5.74, 6) is -0.573. The van der Waals surface area contributed by atoms with Gasteiger partial charge in [-0.3, -0.25) is 9.59 Å². The maximum atomic E-state index is 13.0. The number of methoxy groups -OCH3 is 1. The summed E-state index contributed by atoms with van der Waals surface area (Å²) in [4.78, 5) is 24.9. The first kappa shape index (κ1) is 25.2. The summed E-state index contributed by atoms with van der Waals surface area (Å²) >= 11 is 0. The average Bonchev–Trinajstić information content (AvgIpc) is 3.45. The van der Waals surface area contributed by atoms with Crippen molar-refractivity contribution >= 4 is 11.9 Å². The molecule has 182 valence electrons. The second-order valence-corrected chi connectivity index (χ2v) is 7.36. The number of ether oxygens (including phenoxy) is 3. The molecule has 1 aromatic heterocycles. The number of hydrogen-bond acceptors (Lipinski definition) is 6. The van der Waals surface area contributed by atoms with Gasteiger partial charge in [0.05, 0.1) is 19.1 Å². The van der Waals surface area contributed by atoms with E-state index in [-0.39, 0.29) is 36.2 Å². The summed E-state index contributed by atoms with van der Waals surface area (Å²) in [6.45, 7) is 0.587. The molecule has 0 atom stereocenters. The number of aromatic nitrogens is 1.